The van der Waals surface area contributed by atoms with E-state index in [2.05, 4.69) is 35.4 Å². The molecular formula is C67H65F2N9O6S3. The minimum atomic E-state index is -1.85. The number of pyridine rings is 2. The number of aryl methyl sites for hydroxylation is 1. The van der Waals surface area contributed by atoms with Crippen molar-refractivity contribution in [2.24, 2.45) is 5.41 Å². The summed E-state index contributed by atoms with van der Waals surface area (Å²) in [4.78, 5) is 31.8. The summed E-state index contributed by atoms with van der Waals surface area (Å²) in [5, 5.41) is 0. The summed E-state index contributed by atoms with van der Waals surface area (Å²) >= 11 is 0. The van der Waals surface area contributed by atoms with Crippen molar-refractivity contribution < 1.29 is 35.7 Å². The first-order valence-corrected chi connectivity index (χ1v) is 31.6. The summed E-state index contributed by atoms with van der Waals surface area (Å²) in [6.07, 6.45) is 12.0. The average molecular weight is 1230 g/mol. The molecule has 5 aromatic carbocycles. The van der Waals surface area contributed by atoms with E-state index in [0.717, 1.165) is 32.8 Å². The molecule has 0 spiro atoms. The molecule has 0 amide bonds. The molecule has 4 atom stereocenters. The number of carbonyl (C=O) groups excluding carboxylic acids is 1. The van der Waals surface area contributed by atoms with Gasteiger partial charge in [0.1, 0.15) is 56.4 Å². The molecule has 1 aliphatic carbocycles. The highest BCUT2D eigenvalue weighted by Gasteiger charge is 2.45. The fraction of sp³-hybridized carbons (Fsp3) is 0.209. The molecule has 0 aliphatic heterocycles. The fourth-order valence-electron chi connectivity index (χ4n) is 10.1. The van der Waals surface area contributed by atoms with E-state index >= 15 is 8.78 Å². The smallest absolute Gasteiger partial charge is 0.355 e. The predicted octanol–water partition coefficient (Wildman–Crippen LogP) is 13.3. The molecule has 0 radical (unpaired) electrons. The number of carbonyl (C=O) groups is 1. The number of esters is 1. The monoisotopic (exact) mass is 1230 g/mol. The van der Waals surface area contributed by atoms with Crippen LogP contribution in [-0.2, 0) is 37.5 Å². The van der Waals surface area contributed by atoms with E-state index in [0.29, 0.717) is 72.0 Å². The van der Waals surface area contributed by atoms with Gasteiger partial charge in [0, 0.05) is 56.7 Å². The first kappa shape index (κ1) is 61.4. The Morgan fingerprint density at radius 2 is 1.26 bits per heavy atom. The van der Waals surface area contributed by atoms with E-state index in [9.17, 15) is 17.4 Å². The molecule has 10 aromatic rings. The minimum absolute atomic E-state index is 0.209. The maximum absolute atomic E-state index is 16.2. The molecular weight excluding hydrogens is 1160 g/mol. The number of halogens is 2. The number of nitrogens with zero attached hydrogens (tertiary/aromatic N) is 6. The van der Waals surface area contributed by atoms with Gasteiger partial charge in [0.05, 0.1) is 63.8 Å². The second-order valence-corrected chi connectivity index (χ2v) is 26.3. The number of ether oxygens (including phenoxy) is 2. The van der Waals surface area contributed by atoms with Gasteiger partial charge in [0.15, 0.2) is 5.88 Å². The van der Waals surface area contributed by atoms with Crippen molar-refractivity contribution in [3.63, 3.8) is 0 Å². The Hall–Kier alpha value is -8.66. The number of anilines is 1. The fourth-order valence-corrected chi connectivity index (χ4v) is 13.6. The number of imidazole rings is 2. The molecule has 0 bridgehead atoms. The van der Waals surface area contributed by atoms with Crippen LogP contribution in [0.5, 0.6) is 5.88 Å². The minimum Gasteiger partial charge on any atom is -0.482 e. The Kier molecular flexibility index (Phi) is 17.6. The van der Waals surface area contributed by atoms with Crippen LogP contribution >= 0.6 is 0 Å². The van der Waals surface area contributed by atoms with Gasteiger partial charge in [-0.1, -0.05) is 104 Å². The van der Waals surface area contributed by atoms with Crippen molar-refractivity contribution in [2.75, 3.05) is 25.7 Å². The van der Waals surface area contributed by atoms with Crippen molar-refractivity contribution in [3.05, 3.63) is 210 Å². The van der Waals surface area contributed by atoms with Gasteiger partial charge in [-0.3, -0.25) is 18.0 Å². The SMILES string of the molecule is CCOC(=O)c1cccc2nc(-c3ccc(-c4ccccc4S(=O)NC(C)(C)[C@@]4(C)C=C(c5ccc(-c6cn7c(OC)cccc7n6)c(F)c5)C(S(=O)NC(C)(C)C)=C4)cc3F)cn12.Cc1ccc(S(C)=O)c(-c2ccc(-c3cnc(N)cn3)cc2)c1. The van der Waals surface area contributed by atoms with Crippen LogP contribution in [0.1, 0.15) is 70.1 Å². The van der Waals surface area contributed by atoms with Gasteiger partial charge < -0.3 is 15.2 Å². The predicted molar refractivity (Wildman–Crippen MR) is 342 cm³/mol. The lowest BCUT2D eigenvalue weighted by Crippen LogP contribution is -2.51. The third-order valence-electron chi connectivity index (χ3n) is 14.9. The van der Waals surface area contributed by atoms with Gasteiger partial charge in [-0.25, -0.2) is 46.4 Å². The molecule has 1 aliphatic rings. The largest absolute Gasteiger partial charge is 0.482 e. The molecule has 11 rings (SSSR count). The zero-order chi connectivity index (χ0) is 62.1. The van der Waals surface area contributed by atoms with Crippen molar-refractivity contribution in [3.8, 4) is 61.9 Å². The molecule has 5 heterocycles. The van der Waals surface area contributed by atoms with E-state index in [1.54, 1.807) is 127 Å². The highest BCUT2D eigenvalue weighted by Crippen LogP contribution is 2.48. The topological polar surface area (TPSA) is 197 Å². The molecule has 0 saturated heterocycles. The van der Waals surface area contributed by atoms with Gasteiger partial charge in [0.2, 0.25) is 0 Å². The molecule has 3 unspecified atom stereocenters. The Bertz CT molecular complexity index is 4420. The maximum Gasteiger partial charge on any atom is 0.355 e. The number of nitrogens with one attached hydrogen (secondary N) is 2. The highest BCUT2D eigenvalue weighted by atomic mass is 32.2. The molecule has 0 fully saturated rings. The summed E-state index contributed by atoms with van der Waals surface area (Å²) in [6, 6.07) is 41.1. The van der Waals surface area contributed by atoms with Crippen molar-refractivity contribution >= 4 is 61.4 Å². The molecule has 446 valence electrons. The molecule has 4 N–H and O–H groups in total. The lowest BCUT2D eigenvalue weighted by molar-refractivity contribution is 0.0517. The molecule has 15 nitrogen and oxygen atoms in total. The number of benzene rings is 5. The molecule has 20 heteroatoms. The number of nitrogens with two attached hydrogens (primary N) is 1. The second kappa shape index (κ2) is 25.0. The molecule has 5 aromatic heterocycles. The number of nitrogen functional groups attached to an aromatic ring is 1. The van der Waals surface area contributed by atoms with E-state index in [1.165, 1.54) is 12.1 Å². The summed E-state index contributed by atoms with van der Waals surface area (Å²) in [5.41, 5.74) is 12.8. The average Bonchev–Trinajstić information content (AvgIpc) is 1.72. The summed E-state index contributed by atoms with van der Waals surface area (Å²) in [6.45, 7) is 15.5. The highest BCUT2D eigenvalue weighted by molar-refractivity contribution is 7.87. The Morgan fingerprint density at radius 1 is 0.644 bits per heavy atom. The van der Waals surface area contributed by atoms with Crippen molar-refractivity contribution in [2.45, 2.75) is 76.3 Å². The van der Waals surface area contributed by atoms with Crippen LogP contribution in [0.4, 0.5) is 14.6 Å². The van der Waals surface area contributed by atoms with Crippen molar-refractivity contribution in [1.29, 1.82) is 0 Å². The van der Waals surface area contributed by atoms with Gasteiger partial charge in [0.25, 0.3) is 0 Å². The standard InChI is InChI=1S/C49H48F2N6O5S2.C18H17N3OS/c1-9-62-46(58)40-15-12-17-43-52-38(28-56(40)43)33-22-20-30(24-36(33)50)32-14-10-11-16-41(32)63(59)55-48(5,6)49(7)26-35(42(27-49)64(60)54-47(2,3)4)31-21-23-34(37(51)25-31)39-29-57-44(53-39)18-13-19-45(57)61-8;1-12-3-8-17(23(2)22)15(9-12)13-4-6-14(7-5-13)16-10-21-18(19)11-20-16/h10-29,54-55H,9H2,1-8H3;3-11H,1-2H3,(H2,19,21)/t49-,63?,64?;/m0./s1. The zero-order valence-electron chi connectivity index (χ0n) is 49.6. The third kappa shape index (κ3) is 13.1. The first-order chi connectivity index (χ1) is 41.4. The molecule has 0 saturated carbocycles. The van der Waals surface area contributed by atoms with Gasteiger partial charge in [-0.2, -0.15) is 0 Å². The van der Waals surface area contributed by atoms with Crippen LogP contribution in [-0.4, -0.2) is 78.4 Å². The van der Waals surface area contributed by atoms with E-state index in [1.807, 2.05) is 109 Å². The second-order valence-electron chi connectivity index (χ2n) is 22.6. The Balaban J connectivity index is 0.000000303. The van der Waals surface area contributed by atoms with E-state index in [-0.39, 0.29) is 17.9 Å². The number of rotatable bonds is 16. The number of allylic oxidation sites excluding steroid dienone is 1. The molecule has 87 heavy (non-hydrogen) atoms. The van der Waals surface area contributed by atoms with E-state index in [4.69, 9.17) is 15.2 Å². The quantitative estimate of drug-likeness (QED) is 0.0778. The summed E-state index contributed by atoms with van der Waals surface area (Å²) < 4.78 is 93.3. The van der Waals surface area contributed by atoms with Crippen LogP contribution in [0.15, 0.2) is 191 Å². The van der Waals surface area contributed by atoms with Crippen LogP contribution in [0, 0.1) is 24.0 Å². The van der Waals surface area contributed by atoms with Crippen LogP contribution < -0.4 is 19.9 Å². The maximum atomic E-state index is 16.2. The number of methoxy groups -OCH3 is 1. The van der Waals surface area contributed by atoms with Gasteiger partial charge in [-0.05, 0) is 143 Å². The number of aromatic nitrogens is 6. The van der Waals surface area contributed by atoms with Crippen LogP contribution in [0.2, 0.25) is 0 Å². The van der Waals surface area contributed by atoms with E-state index < -0.39 is 66.9 Å². The first-order valence-electron chi connectivity index (χ1n) is 27.8. The number of hydrogen-bond acceptors (Lipinski definition) is 11. The normalized spacial score (nSPS) is 15.3. The van der Waals surface area contributed by atoms with Crippen molar-refractivity contribution in [1.82, 2.24) is 38.2 Å². The number of hydrogen-bond donors (Lipinski definition) is 3. The summed E-state index contributed by atoms with van der Waals surface area (Å²) in [5.74, 6) is -0.615. The Labute approximate surface area is 511 Å². The summed E-state index contributed by atoms with van der Waals surface area (Å²) in [7, 11) is -3.03. The lowest BCUT2D eigenvalue weighted by atomic mass is 9.74. The van der Waals surface area contributed by atoms with Crippen LogP contribution in [0.25, 0.3) is 72.9 Å². The Morgan fingerprint density at radius 3 is 1.90 bits per heavy atom. The number of fused-ring (bicyclic) bond motifs is 2. The van der Waals surface area contributed by atoms with Gasteiger partial charge >= 0.3 is 5.97 Å². The zero-order valence-corrected chi connectivity index (χ0v) is 52.1. The van der Waals surface area contributed by atoms with Gasteiger partial charge in [-0.15, -0.1) is 0 Å². The lowest BCUT2D eigenvalue weighted by Gasteiger charge is -2.39. The van der Waals surface area contributed by atoms with Crippen LogP contribution in [0.3, 0.4) is 0 Å². The third-order valence-corrected chi connectivity index (χ3v) is 18.8.